The van der Waals surface area contributed by atoms with Gasteiger partial charge in [0, 0.05) is 17.3 Å². The minimum atomic E-state index is 0.658. The lowest BCUT2D eigenvalue weighted by atomic mass is 10.2. The number of rotatable bonds is 2. The molecule has 0 amide bonds. The van der Waals surface area contributed by atoms with E-state index in [1.165, 1.54) is 11.3 Å². The highest BCUT2D eigenvalue weighted by Gasteiger charge is 2.08. The van der Waals surface area contributed by atoms with E-state index in [2.05, 4.69) is 10.2 Å². The number of nitrogens with two attached hydrogens (primary N) is 1. The van der Waals surface area contributed by atoms with Crippen LogP contribution in [0.2, 0.25) is 0 Å². The van der Waals surface area contributed by atoms with Crippen molar-refractivity contribution in [2.45, 2.75) is 6.92 Å². The van der Waals surface area contributed by atoms with Gasteiger partial charge in [-0.3, -0.25) is 0 Å². The number of ether oxygens (including phenoxy) is 1. The van der Waals surface area contributed by atoms with Crippen LogP contribution in [0.5, 0.6) is 5.75 Å². The van der Waals surface area contributed by atoms with Gasteiger partial charge in [-0.2, -0.15) is 0 Å². The van der Waals surface area contributed by atoms with Crippen LogP contribution < -0.4 is 10.5 Å². The number of nitrogens with zero attached hydrogens (tertiary/aromatic N) is 2. The molecule has 0 aliphatic rings. The maximum absolute atomic E-state index is 5.90. The second-order valence-electron chi connectivity index (χ2n) is 3.08. The van der Waals surface area contributed by atoms with Crippen LogP contribution in [-0.2, 0) is 0 Å². The molecule has 0 unspecified atom stereocenters. The predicted molar refractivity (Wildman–Crippen MR) is 61.0 cm³/mol. The molecule has 2 rings (SSSR count). The number of hydrogen-bond acceptors (Lipinski definition) is 5. The molecule has 0 radical (unpaired) electrons. The van der Waals surface area contributed by atoms with Crippen LogP contribution in [-0.4, -0.2) is 17.3 Å². The normalized spacial score (nSPS) is 10.3. The Morgan fingerprint density at radius 3 is 2.67 bits per heavy atom. The van der Waals surface area contributed by atoms with Gasteiger partial charge in [0.25, 0.3) is 0 Å². The van der Waals surface area contributed by atoms with Crippen molar-refractivity contribution in [3.8, 4) is 16.3 Å². The van der Waals surface area contributed by atoms with Crippen LogP contribution in [0.1, 0.15) is 5.01 Å². The van der Waals surface area contributed by atoms with E-state index in [4.69, 9.17) is 10.5 Å². The molecular weight excluding hydrogens is 210 g/mol. The Labute approximate surface area is 91.7 Å². The van der Waals surface area contributed by atoms with Gasteiger partial charge in [-0.15, -0.1) is 10.2 Å². The highest BCUT2D eigenvalue weighted by molar-refractivity contribution is 7.14. The zero-order chi connectivity index (χ0) is 10.8. The number of hydrogen-bond donors (Lipinski definition) is 1. The third-order valence-corrected chi connectivity index (χ3v) is 2.89. The molecule has 1 heterocycles. The Hall–Kier alpha value is -1.62. The summed E-state index contributed by atoms with van der Waals surface area (Å²) in [6, 6.07) is 5.54. The molecular formula is C10H11N3OS. The molecule has 5 heteroatoms. The average Bonchev–Trinajstić information content (AvgIpc) is 2.64. The van der Waals surface area contributed by atoms with Gasteiger partial charge in [0.15, 0.2) is 0 Å². The summed E-state index contributed by atoms with van der Waals surface area (Å²) in [5, 5.41) is 9.78. The largest absolute Gasteiger partial charge is 0.497 e. The third-order valence-electron chi connectivity index (χ3n) is 2.02. The molecule has 4 nitrogen and oxygen atoms in total. The summed E-state index contributed by atoms with van der Waals surface area (Å²) in [4.78, 5) is 0. The fourth-order valence-corrected chi connectivity index (χ4v) is 2.01. The summed E-state index contributed by atoms with van der Waals surface area (Å²) in [5.74, 6) is 0.748. The Morgan fingerprint density at radius 1 is 1.33 bits per heavy atom. The lowest BCUT2D eigenvalue weighted by molar-refractivity contribution is 0.415. The van der Waals surface area contributed by atoms with Gasteiger partial charge < -0.3 is 10.5 Å². The zero-order valence-corrected chi connectivity index (χ0v) is 9.34. The van der Waals surface area contributed by atoms with E-state index in [0.29, 0.717) is 5.69 Å². The number of nitrogen functional groups attached to an aromatic ring is 1. The second kappa shape index (κ2) is 3.86. The highest BCUT2D eigenvalue weighted by Crippen LogP contribution is 2.30. The van der Waals surface area contributed by atoms with Crippen LogP contribution >= 0.6 is 11.3 Å². The minimum absolute atomic E-state index is 0.658. The molecule has 0 saturated heterocycles. The third kappa shape index (κ3) is 1.92. The fourth-order valence-electron chi connectivity index (χ4n) is 1.27. The first kappa shape index (κ1) is 9.92. The standard InChI is InChI=1S/C10H11N3OS/c1-6-12-13-10(15-6)8-4-3-7(14-2)5-9(8)11/h3-5H,11H2,1-2H3. The van der Waals surface area contributed by atoms with Gasteiger partial charge in [0.1, 0.15) is 15.8 Å². The summed E-state index contributed by atoms with van der Waals surface area (Å²) in [7, 11) is 1.61. The Balaban J connectivity index is 2.45. The first-order chi connectivity index (χ1) is 7.20. The molecule has 0 atom stereocenters. The molecule has 0 aliphatic carbocycles. The second-order valence-corrected chi connectivity index (χ2v) is 4.26. The van der Waals surface area contributed by atoms with Crippen molar-refractivity contribution in [1.82, 2.24) is 10.2 Å². The van der Waals surface area contributed by atoms with Crippen molar-refractivity contribution in [2.75, 3.05) is 12.8 Å². The van der Waals surface area contributed by atoms with Crippen LogP contribution in [0.15, 0.2) is 18.2 Å². The van der Waals surface area contributed by atoms with Crippen molar-refractivity contribution in [3.63, 3.8) is 0 Å². The number of benzene rings is 1. The van der Waals surface area contributed by atoms with Crippen molar-refractivity contribution in [1.29, 1.82) is 0 Å². The van der Waals surface area contributed by atoms with E-state index in [9.17, 15) is 0 Å². The number of anilines is 1. The van der Waals surface area contributed by atoms with Crippen LogP contribution in [0.25, 0.3) is 10.6 Å². The van der Waals surface area contributed by atoms with Gasteiger partial charge >= 0.3 is 0 Å². The van der Waals surface area contributed by atoms with Crippen LogP contribution in [0, 0.1) is 6.92 Å². The Morgan fingerprint density at radius 2 is 2.13 bits per heavy atom. The van der Waals surface area contributed by atoms with Crippen molar-refractivity contribution < 1.29 is 4.74 Å². The quantitative estimate of drug-likeness (QED) is 0.789. The van der Waals surface area contributed by atoms with Crippen molar-refractivity contribution in [2.24, 2.45) is 0 Å². The number of aromatic nitrogens is 2. The lowest BCUT2D eigenvalue weighted by Crippen LogP contribution is -1.91. The molecule has 0 spiro atoms. The van der Waals surface area contributed by atoms with E-state index in [1.807, 2.05) is 19.1 Å². The van der Waals surface area contributed by atoms with E-state index in [0.717, 1.165) is 21.3 Å². The maximum atomic E-state index is 5.90. The first-order valence-corrected chi connectivity index (χ1v) is 5.26. The summed E-state index contributed by atoms with van der Waals surface area (Å²) >= 11 is 1.53. The molecule has 1 aromatic heterocycles. The molecule has 0 bridgehead atoms. The molecule has 0 saturated carbocycles. The molecule has 2 aromatic rings. The minimum Gasteiger partial charge on any atom is -0.497 e. The summed E-state index contributed by atoms with van der Waals surface area (Å²) in [6.07, 6.45) is 0. The number of aryl methyl sites for hydroxylation is 1. The highest BCUT2D eigenvalue weighted by atomic mass is 32.1. The van der Waals surface area contributed by atoms with Gasteiger partial charge in [-0.05, 0) is 19.1 Å². The molecule has 78 valence electrons. The van der Waals surface area contributed by atoms with Gasteiger partial charge in [0.05, 0.1) is 7.11 Å². The summed E-state index contributed by atoms with van der Waals surface area (Å²) in [5.41, 5.74) is 7.46. The van der Waals surface area contributed by atoms with E-state index >= 15 is 0 Å². The van der Waals surface area contributed by atoms with Crippen molar-refractivity contribution in [3.05, 3.63) is 23.2 Å². The average molecular weight is 221 g/mol. The Bertz CT molecular complexity index is 481. The van der Waals surface area contributed by atoms with Crippen LogP contribution in [0.4, 0.5) is 5.69 Å². The van der Waals surface area contributed by atoms with E-state index in [-0.39, 0.29) is 0 Å². The van der Waals surface area contributed by atoms with Crippen molar-refractivity contribution >= 4 is 17.0 Å². The van der Waals surface area contributed by atoms with E-state index < -0.39 is 0 Å². The summed E-state index contributed by atoms with van der Waals surface area (Å²) < 4.78 is 5.08. The maximum Gasteiger partial charge on any atom is 0.149 e. The smallest absolute Gasteiger partial charge is 0.149 e. The molecule has 0 fully saturated rings. The molecule has 2 N–H and O–H groups in total. The van der Waals surface area contributed by atoms with Gasteiger partial charge in [-0.25, -0.2) is 0 Å². The SMILES string of the molecule is COc1ccc(-c2nnc(C)s2)c(N)c1. The molecule has 15 heavy (non-hydrogen) atoms. The molecule has 1 aromatic carbocycles. The Kier molecular flexibility index (Phi) is 2.55. The zero-order valence-electron chi connectivity index (χ0n) is 8.52. The van der Waals surface area contributed by atoms with Crippen LogP contribution in [0.3, 0.4) is 0 Å². The monoisotopic (exact) mass is 221 g/mol. The lowest BCUT2D eigenvalue weighted by Gasteiger charge is -2.04. The summed E-state index contributed by atoms with van der Waals surface area (Å²) in [6.45, 7) is 1.92. The number of methoxy groups -OCH3 is 1. The fraction of sp³-hybridized carbons (Fsp3) is 0.200. The van der Waals surface area contributed by atoms with E-state index in [1.54, 1.807) is 13.2 Å². The van der Waals surface area contributed by atoms with Gasteiger partial charge in [0.2, 0.25) is 0 Å². The predicted octanol–water partition coefficient (Wildman–Crippen LogP) is 2.10. The van der Waals surface area contributed by atoms with Gasteiger partial charge in [-0.1, -0.05) is 11.3 Å². The first-order valence-electron chi connectivity index (χ1n) is 4.44. The molecule has 0 aliphatic heterocycles. The topological polar surface area (TPSA) is 61.0 Å².